The summed E-state index contributed by atoms with van der Waals surface area (Å²) in [6, 6.07) is 11.4. The monoisotopic (exact) mass is 496 g/mol. The average Bonchev–Trinajstić information content (AvgIpc) is 3.50. The zero-order valence-electron chi connectivity index (χ0n) is 18.6. The first-order valence-corrected chi connectivity index (χ1v) is 12.8. The van der Waals surface area contributed by atoms with E-state index in [1.54, 1.807) is 24.3 Å². The molecular formula is C24H27F3N2O4S. The van der Waals surface area contributed by atoms with Crippen LogP contribution < -0.4 is 4.74 Å². The van der Waals surface area contributed by atoms with Crippen LogP contribution in [-0.2, 0) is 16.4 Å². The molecule has 1 amide bonds. The summed E-state index contributed by atoms with van der Waals surface area (Å²) in [5.41, 5.74) is -4.24. The second-order valence-electron chi connectivity index (χ2n) is 8.71. The number of hydrogen-bond donors (Lipinski definition) is 0. The maximum atomic E-state index is 13.0. The van der Waals surface area contributed by atoms with Crippen molar-refractivity contribution in [2.45, 2.75) is 48.7 Å². The van der Waals surface area contributed by atoms with Crippen molar-refractivity contribution < 1.29 is 31.1 Å². The first kappa shape index (κ1) is 24.5. The van der Waals surface area contributed by atoms with Gasteiger partial charge in [-0.15, -0.1) is 0 Å². The van der Waals surface area contributed by atoms with E-state index in [1.165, 1.54) is 25.0 Å². The fraction of sp³-hybridized carbons (Fsp3) is 0.458. The third kappa shape index (κ3) is 5.38. The van der Waals surface area contributed by atoms with Crippen molar-refractivity contribution in [3.63, 3.8) is 0 Å². The topological polar surface area (TPSA) is 66.9 Å². The molecule has 2 aliphatic heterocycles. The molecule has 0 aromatic heterocycles. The molecule has 6 nitrogen and oxygen atoms in total. The van der Waals surface area contributed by atoms with Gasteiger partial charge in [-0.2, -0.15) is 13.2 Å². The van der Waals surface area contributed by atoms with Gasteiger partial charge in [-0.25, -0.2) is 8.42 Å². The van der Waals surface area contributed by atoms with E-state index >= 15 is 0 Å². The first-order chi connectivity index (χ1) is 16.1. The number of halogens is 3. The molecule has 4 rings (SSSR count). The molecule has 2 aliphatic rings. The van der Waals surface area contributed by atoms with Crippen molar-refractivity contribution in [1.29, 1.82) is 0 Å². The molecule has 0 N–H and O–H groups in total. The SMILES string of the molecule is O=C(c1ccc(OCc2ccc(S(=O)(=O)C(F)(F)F)cc2)cc1)N1CCC[C@H]1CN1CCCC1. The van der Waals surface area contributed by atoms with Gasteiger partial charge in [0, 0.05) is 24.7 Å². The summed E-state index contributed by atoms with van der Waals surface area (Å²) < 4.78 is 66.5. The third-order valence-corrected chi connectivity index (χ3v) is 7.85. The molecule has 0 unspecified atom stereocenters. The van der Waals surface area contributed by atoms with E-state index in [4.69, 9.17) is 4.74 Å². The first-order valence-electron chi connectivity index (χ1n) is 11.3. The molecule has 0 radical (unpaired) electrons. The maximum Gasteiger partial charge on any atom is 0.501 e. The van der Waals surface area contributed by atoms with E-state index in [0.29, 0.717) is 16.9 Å². The summed E-state index contributed by atoms with van der Waals surface area (Å²) in [6.07, 6.45) is 4.47. The number of hydrogen-bond acceptors (Lipinski definition) is 5. The van der Waals surface area contributed by atoms with E-state index in [0.717, 1.165) is 51.2 Å². The molecule has 2 aromatic rings. The minimum absolute atomic E-state index is 0.00899. The van der Waals surface area contributed by atoms with Crippen LogP contribution in [0.3, 0.4) is 0 Å². The number of amides is 1. The van der Waals surface area contributed by atoms with Gasteiger partial charge in [-0.3, -0.25) is 4.79 Å². The molecule has 2 heterocycles. The lowest BCUT2D eigenvalue weighted by Gasteiger charge is -2.28. The van der Waals surface area contributed by atoms with E-state index in [-0.39, 0.29) is 18.6 Å². The molecule has 10 heteroatoms. The van der Waals surface area contributed by atoms with Crippen LogP contribution in [0, 0.1) is 0 Å². The molecule has 0 bridgehead atoms. The molecule has 2 aromatic carbocycles. The van der Waals surface area contributed by atoms with E-state index < -0.39 is 20.2 Å². The van der Waals surface area contributed by atoms with E-state index in [9.17, 15) is 26.4 Å². The van der Waals surface area contributed by atoms with Gasteiger partial charge in [0.05, 0.1) is 4.90 Å². The van der Waals surface area contributed by atoms with Crippen molar-refractivity contribution >= 4 is 15.7 Å². The maximum absolute atomic E-state index is 13.0. The largest absolute Gasteiger partial charge is 0.501 e. The number of carbonyl (C=O) groups is 1. The van der Waals surface area contributed by atoms with Crippen molar-refractivity contribution in [2.24, 2.45) is 0 Å². The Labute approximate surface area is 197 Å². The van der Waals surface area contributed by atoms with Crippen LogP contribution in [0.4, 0.5) is 13.2 Å². The zero-order valence-corrected chi connectivity index (χ0v) is 19.4. The van der Waals surface area contributed by atoms with E-state index in [2.05, 4.69) is 4.90 Å². The van der Waals surface area contributed by atoms with Crippen LogP contribution in [0.2, 0.25) is 0 Å². The molecule has 184 valence electrons. The van der Waals surface area contributed by atoms with E-state index in [1.807, 2.05) is 4.90 Å². The highest BCUT2D eigenvalue weighted by atomic mass is 32.2. The number of carbonyl (C=O) groups excluding carboxylic acids is 1. The Morgan fingerprint density at radius 2 is 1.59 bits per heavy atom. The Morgan fingerprint density at radius 3 is 2.21 bits per heavy atom. The summed E-state index contributed by atoms with van der Waals surface area (Å²) in [6.45, 7) is 3.94. The van der Waals surface area contributed by atoms with Gasteiger partial charge in [0.25, 0.3) is 15.7 Å². The molecule has 0 spiro atoms. The predicted octanol–water partition coefficient (Wildman–Crippen LogP) is 4.26. The lowest BCUT2D eigenvalue weighted by atomic mass is 10.1. The minimum atomic E-state index is -5.37. The third-order valence-electron chi connectivity index (χ3n) is 6.35. The van der Waals surface area contributed by atoms with Crippen molar-refractivity contribution in [3.05, 3.63) is 59.7 Å². The number of sulfone groups is 1. The smallest absolute Gasteiger partial charge is 0.489 e. The number of alkyl halides is 3. The van der Waals surface area contributed by atoms with Crippen LogP contribution in [0.15, 0.2) is 53.4 Å². The molecule has 34 heavy (non-hydrogen) atoms. The second-order valence-corrected chi connectivity index (χ2v) is 10.6. The molecule has 1 atom stereocenters. The van der Waals surface area contributed by atoms with Crippen molar-refractivity contribution in [1.82, 2.24) is 9.80 Å². The number of nitrogens with zero attached hydrogens (tertiary/aromatic N) is 2. The van der Waals surface area contributed by atoms with Gasteiger partial charge in [0.2, 0.25) is 0 Å². The highest BCUT2D eigenvalue weighted by Gasteiger charge is 2.46. The summed E-state index contributed by atoms with van der Waals surface area (Å²) in [7, 11) is -5.37. The van der Waals surface area contributed by atoms with Crippen LogP contribution in [-0.4, -0.2) is 61.9 Å². The highest BCUT2D eigenvalue weighted by molar-refractivity contribution is 7.92. The molecule has 0 aliphatic carbocycles. The fourth-order valence-corrected chi connectivity index (χ4v) is 5.24. The lowest BCUT2D eigenvalue weighted by molar-refractivity contribution is -0.0436. The number of benzene rings is 2. The fourth-order valence-electron chi connectivity index (χ4n) is 4.48. The Bertz CT molecular complexity index is 1100. The van der Waals surface area contributed by atoms with Crippen LogP contribution in [0.25, 0.3) is 0 Å². The number of likely N-dealkylation sites (tertiary alicyclic amines) is 2. The van der Waals surface area contributed by atoms with Crippen LogP contribution in [0.1, 0.15) is 41.6 Å². The van der Waals surface area contributed by atoms with Crippen LogP contribution >= 0.6 is 0 Å². The number of ether oxygens (including phenoxy) is 1. The van der Waals surface area contributed by atoms with Crippen LogP contribution in [0.5, 0.6) is 5.75 Å². The Balaban J connectivity index is 1.33. The summed E-state index contributed by atoms with van der Waals surface area (Å²) >= 11 is 0. The highest BCUT2D eigenvalue weighted by Crippen LogP contribution is 2.30. The minimum Gasteiger partial charge on any atom is -0.489 e. The standard InChI is InChI=1S/C24H27F3N2O4S/c25-24(26,27)34(31,32)22-11-5-18(6-12-22)17-33-21-9-7-19(8-10-21)23(30)29-15-3-4-20(29)16-28-13-1-2-14-28/h5-12,20H,1-4,13-17H2/t20-/m0/s1. The summed E-state index contributed by atoms with van der Waals surface area (Å²) in [5.74, 6) is 0.508. The average molecular weight is 497 g/mol. The Kier molecular flexibility index (Phi) is 7.18. The summed E-state index contributed by atoms with van der Waals surface area (Å²) in [5, 5.41) is 0. The number of rotatable bonds is 7. The van der Waals surface area contributed by atoms with Gasteiger partial charge < -0.3 is 14.5 Å². The van der Waals surface area contributed by atoms with Gasteiger partial charge in [-0.05, 0) is 80.7 Å². The quantitative estimate of drug-likeness (QED) is 0.573. The normalized spacial score (nSPS) is 19.5. The van der Waals surface area contributed by atoms with Gasteiger partial charge in [0.15, 0.2) is 0 Å². The Hall–Kier alpha value is -2.59. The predicted molar refractivity (Wildman–Crippen MR) is 120 cm³/mol. The van der Waals surface area contributed by atoms with Gasteiger partial charge >= 0.3 is 5.51 Å². The summed E-state index contributed by atoms with van der Waals surface area (Å²) in [4.78, 5) is 16.6. The molecule has 0 saturated carbocycles. The van der Waals surface area contributed by atoms with Crippen molar-refractivity contribution in [2.75, 3.05) is 26.2 Å². The Morgan fingerprint density at radius 1 is 0.941 bits per heavy atom. The zero-order chi connectivity index (χ0) is 24.3. The molecular weight excluding hydrogens is 469 g/mol. The lowest BCUT2D eigenvalue weighted by Crippen LogP contribution is -2.42. The molecule has 2 saturated heterocycles. The van der Waals surface area contributed by atoms with Gasteiger partial charge in [0.1, 0.15) is 12.4 Å². The van der Waals surface area contributed by atoms with Gasteiger partial charge in [-0.1, -0.05) is 12.1 Å². The van der Waals surface area contributed by atoms with Crippen molar-refractivity contribution in [3.8, 4) is 5.75 Å². The molecule has 2 fully saturated rings. The second kappa shape index (κ2) is 9.95.